The summed E-state index contributed by atoms with van der Waals surface area (Å²) in [6, 6.07) is 1.94. The van der Waals surface area contributed by atoms with Crippen LogP contribution in [0.1, 0.15) is 24.2 Å². The number of aromatic amines is 1. The molecule has 0 radical (unpaired) electrons. The van der Waals surface area contributed by atoms with Gasteiger partial charge in [-0.15, -0.1) is 0 Å². The molecule has 0 aromatic carbocycles. The van der Waals surface area contributed by atoms with Crippen molar-refractivity contribution in [2.75, 3.05) is 19.8 Å². The third-order valence-corrected chi connectivity index (χ3v) is 3.17. The van der Waals surface area contributed by atoms with Crippen molar-refractivity contribution in [3.05, 3.63) is 17.5 Å². The Balaban J connectivity index is 1.77. The van der Waals surface area contributed by atoms with Gasteiger partial charge >= 0.3 is 0 Å². The van der Waals surface area contributed by atoms with E-state index in [4.69, 9.17) is 4.74 Å². The minimum Gasteiger partial charge on any atom is -0.381 e. The molecule has 0 aliphatic carbocycles. The zero-order chi connectivity index (χ0) is 13.0. The van der Waals surface area contributed by atoms with Crippen molar-refractivity contribution in [1.82, 2.24) is 15.5 Å². The summed E-state index contributed by atoms with van der Waals surface area (Å²) in [5, 5.41) is 19.8. The number of nitrogens with zero attached hydrogens (tertiary/aromatic N) is 1. The Kier molecular flexibility index (Phi) is 3.98. The van der Waals surface area contributed by atoms with Crippen molar-refractivity contribution >= 4 is 5.91 Å². The number of carbonyl (C=O) groups is 1. The Labute approximate surface area is 106 Å². The molecule has 2 rings (SSSR count). The lowest BCUT2D eigenvalue weighted by Gasteiger charge is -2.30. The largest absolute Gasteiger partial charge is 0.381 e. The lowest BCUT2D eigenvalue weighted by Crippen LogP contribution is -2.50. The molecule has 0 saturated carbocycles. The molecule has 1 saturated heterocycles. The van der Waals surface area contributed by atoms with Crippen molar-refractivity contribution in [3.8, 4) is 0 Å². The van der Waals surface area contributed by atoms with Crippen LogP contribution >= 0.6 is 0 Å². The maximum atomic E-state index is 11.9. The summed E-state index contributed by atoms with van der Waals surface area (Å²) in [6.07, 6.45) is 1.38. The number of amides is 1. The Morgan fingerprint density at radius 1 is 1.61 bits per heavy atom. The fraction of sp³-hybridized carbons (Fsp3) is 0.667. The lowest BCUT2D eigenvalue weighted by atomic mass is 9.93. The van der Waals surface area contributed by atoms with E-state index in [9.17, 15) is 9.90 Å². The van der Waals surface area contributed by atoms with Crippen molar-refractivity contribution in [2.24, 2.45) is 0 Å². The summed E-state index contributed by atoms with van der Waals surface area (Å²) in [5.41, 5.74) is 0.644. The van der Waals surface area contributed by atoms with E-state index in [-0.39, 0.29) is 5.91 Å². The van der Waals surface area contributed by atoms with Gasteiger partial charge in [-0.25, -0.2) is 0 Å². The van der Waals surface area contributed by atoms with Crippen molar-refractivity contribution in [3.63, 3.8) is 0 Å². The third kappa shape index (κ3) is 3.08. The summed E-state index contributed by atoms with van der Waals surface area (Å²) in [7, 11) is 0. The number of hydrogen-bond acceptors (Lipinski definition) is 4. The predicted molar refractivity (Wildman–Crippen MR) is 65.0 cm³/mol. The maximum absolute atomic E-state index is 11.9. The fourth-order valence-electron chi connectivity index (χ4n) is 2.01. The number of rotatable bonds is 4. The van der Waals surface area contributed by atoms with Gasteiger partial charge in [-0.2, -0.15) is 5.10 Å². The number of aliphatic hydroxyl groups is 1. The minimum absolute atomic E-state index is 0.307. The second-order valence-electron chi connectivity index (χ2n) is 4.69. The van der Waals surface area contributed by atoms with E-state index < -0.39 is 5.60 Å². The van der Waals surface area contributed by atoms with Gasteiger partial charge in [0.2, 0.25) is 0 Å². The molecule has 6 nitrogen and oxygen atoms in total. The van der Waals surface area contributed by atoms with E-state index in [1.807, 2.05) is 13.0 Å². The van der Waals surface area contributed by atoms with E-state index in [0.29, 0.717) is 39.0 Å². The topological polar surface area (TPSA) is 87.2 Å². The molecule has 1 aromatic heterocycles. The Morgan fingerprint density at radius 2 is 2.33 bits per heavy atom. The van der Waals surface area contributed by atoms with E-state index >= 15 is 0 Å². The number of carbonyl (C=O) groups excluding carboxylic acids is 1. The summed E-state index contributed by atoms with van der Waals surface area (Å²) < 4.78 is 5.14. The Morgan fingerprint density at radius 3 is 2.94 bits per heavy atom. The molecule has 100 valence electrons. The fourth-order valence-corrected chi connectivity index (χ4v) is 2.01. The first-order valence-corrected chi connectivity index (χ1v) is 6.19. The SMILES string of the molecule is Cc1cc(CCNC(=O)C2(O)CCOCC2)n[nH]1. The van der Waals surface area contributed by atoms with Gasteiger partial charge in [0.25, 0.3) is 5.91 Å². The number of aryl methyl sites for hydroxylation is 1. The van der Waals surface area contributed by atoms with Crippen LogP contribution in [-0.4, -0.2) is 46.6 Å². The highest BCUT2D eigenvalue weighted by Crippen LogP contribution is 2.20. The molecule has 1 fully saturated rings. The van der Waals surface area contributed by atoms with Crippen LogP contribution < -0.4 is 5.32 Å². The van der Waals surface area contributed by atoms with Gasteiger partial charge in [-0.05, 0) is 13.0 Å². The minimum atomic E-state index is -1.26. The van der Waals surface area contributed by atoms with Gasteiger partial charge in [0.15, 0.2) is 0 Å². The van der Waals surface area contributed by atoms with E-state index in [1.54, 1.807) is 0 Å². The molecule has 1 aliphatic rings. The third-order valence-electron chi connectivity index (χ3n) is 3.17. The van der Waals surface area contributed by atoms with Gasteiger partial charge in [0.1, 0.15) is 5.60 Å². The van der Waals surface area contributed by atoms with Gasteiger partial charge in [-0.1, -0.05) is 0 Å². The normalized spacial score (nSPS) is 18.6. The van der Waals surface area contributed by atoms with E-state index in [1.165, 1.54) is 0 Å². The van der Waals surface area contributed by atoms with E-state index in [2.05, 4.69) is 15.5 Å². The lowest BCUT2D eigenvalue weighted by molar-refractivity contribution is -0.149. The number of ether oxygens (including phenoxy) is 1. The standard InChI is InChI=1S/C12H19N3O3/c1-9-8-10(15-14-9)2-5-13-11(16)12(17)3-6-18-7-4-12/h8,17H,2-7H2,1H3,(H,13,16)(H,14,15). The van der Waals surface area contributed by atoms with Crippen LogP contribution in [0.2, 0.25) is 0 Å². The van der Waals surface area contributed by atoms with Crippen LogP contribution in [0.5, 0.6) is 0 Å². The van der Waals surface area contributed by atoms with Crippen molar-refractivity contribution < 1.29 is 14.6 Å². The van der Waals surface area contributed by atoms with Crippen LogP contribution in [0.4, 0.5) is 0 Å². The highest BCUT2D eigenvalue weighted by atomic mass is 16.5. The summed E-state index contributed by atoms with van der Waals surface area (Å²) in [5.74, 6) is -0.307. The van der Waals surface area contributed by atoms with Crippen LogP contribution in [0.25, 0.3) is 0 Å². The molecule has 0 spiro atoms. The molecule has 18 heavy (non-hydrogen) atoms. The molecule has 3 N–H and O–H groups in total. The summed E-state index contributed by atoms with van der Waals surface area (Å²) in [6.45, 7) is 3.27. The zero-order valence-electron chi connectivity index (χ0n) is 10.5. The number of H-pyrrole nitrogens is 1. The maximum Gasteiger partial charge on any atom is 0.252 e. The first-order chi connectivity index (χ1) is 8.60. The molecular formula is C12H19N3O3. The quantitative estimate of drug-likeness (QED) is 0.700. The van der Waals surface area contributed by atoms with Gasteiger partial charge in [-0.3, -0.25) is 9.89 Å². The monoisotopic (exact) mass is 253 g/mol. The number of nitrogens with one attached hydrogen (secondary N) is 2. The molecular weight excluding hydrogens is 234 g/mol. The van der Waals surface area contributed by atoms with Gasteiger partial charge < -0.3 is 15.2 Å². The molecule has 2 heterocycles. The second-order valence-corrected chi connectivity index (χ2v) is 4.69. The smallest absolute Gasteiger partial charge is 0.252 e. The molecule has 1 aliphatic heterocycles. The second kappa shape index (κ2) is 5.49. The average molecular weight is 253 g/mol. The van der Waals surface area contributed by atoms with Crippen molar-refractivity contribution in [2.45, 2.75) is 31.8 Å². The molecule has 0 bridgehead atoms. The average Bonchev–Trinajstić information content (AvgIpc) is 2.76. The highest BCUT2D eigenvalue weighted by Gasteiger charge is 2.37. The van der Waals surface area contributed by atoms with Gasteiger partial charge in [0, 0.05) is 44.7 Å². The van der Waals surface area contributed by atoms with Crippen LogP contribution in [0, 0.1) is 6.92 Å². The predicted octanol–water partition coefficient (Wildman–Crippen LogP) is -0.0817. The number of aromatic nitrogens is 2. The zero-order valence-corrected chi connectivity index (χ0v) is 10.5. The van der Waals surface area contributed by atoms with Gasteiger partial charge in [0.05, 0.1) is 5.69 Å². The first kappa shape index (κ1) is 13.0. The summed E-state index contributed by atoms with van der Waals surface area (Å²) >= 11 is 0. The molecule has 6 heteroatoms. The van der Waals surface area contributed by atoms with Crippen LogP contribution in [0.15, 0.2) is 6.07 Å². The molecule has 0 atom stereocenters. The Hall–Kier alpha value is -1.40. The Bertz CT molecular complexity index is 410. The van der Waals surface area contributed by atoms with Crippen molar-refractivity contribution in [1.29, 1.82) is 0 Å². The number of hydrogen-bond donors (Lipinski definition) is 3. The highest BCUT2D eigenvalue weighted by molar-refractivity contribution is 5.84. The van der Waals surface area contributed by atoms with E-state index in [0.717, 1.165) is 11.4 Å². The molecule has 1 aromatic rings. The molecule has 1 amide bonds. The first-order valence-electron chi connectivity index (χ1n) is 6.19. The van der Waals surface area contributed by atoms with Crippen LogP contribution in [-0.2, 0) is 16.0 Å². The molecule has 0 unspecified atom stereocenters. The van der Waals surface area contributed by atoms with Crippen LogP contribution in [0.3, 0.4) is 0 Å². The summed E-state index contributed by atoms with van der Waals surface area (Å²) in [4.78, 5) is 11.9.